The van der Waals surface area contributed by atoms with E-state index in [4.69, 9.17) is 9.47 Å². The van der Waals surface area contributed by atoms with Crippen LogP contribution >= 0.6 is 0 Å². The van der Waals surface area contributed by atoms with Crippen molar-refractivity contribution >= 4 is 11.9 Å². The smallest absolute Gasteiger partial charge is 0.312 e. The molecule has 90 valence electrons. The molecule has 0 radical (unpaired) electrons. The molecule has 1 spiro atoms. The van der Waals surface area contributed by atoms with Crippen molar-refractivity contribution in [2.75, 3.05) is 13.2 Å². The van der Waals surface area contributed by atoms with Gasteiger partial charge in [-0.05, 0) is 25.7 Å². The highest BCUT2D eigenvalue weighted by atomic mass is 16.5. The first-order valence-corrected chi connectivity index (χ1v) is 6.04. The van der Waals surface area contributed by atoms with Crippen molar-refractivity contribution in [2.45, 2.75) is 39.0 Å². The highest BCUT2D eigenvalue weighted by Gasteiger charge is 2.65. The Labute approximate surface area is 95.3 Å². The largest absolute Gasteiger partial charge is 0.465 e. The fourth-order valence-corrected chi connectivity index (χ4v) is 2.33. The van der Waals surface area contributed by atoms with E-state index < -0.39 is 5.41 Å². The van der Waals surface area contributed by atoms with E-state index in [1.54, 1.807) is 0 Å². The predicted molar refractivity (Wildman–Crippen MR) is 56.6 cm³/mol. The van der Waals surface area contributed by atoms with E-state index in [1.165, 1.54) is 0 Å². The first-order valence-electron chi connectivity index (χ1n) is 6.04. The van der Waals surface area contributed by atoms with Crippen molar-refractivity contribution in [1.29, 1.82) is 0 Å². The SMILES string of the molecule is CCCCOC(=O)[C@H]1C[C@@]12CCCOC2=O. The van der Waals surface area contributed by atoms with Crippen LogP contribution in [0.1, 0.15) is 39.0 Å². The summed E-state index contributed by atoms with van der Waals surface area (Å²) in [6.45, 7) is 3.01. The summed E-state index contributed by atoms with van der Waals surface area (Å²) < 4.78 is 10.2. The molecular formula is C12H18O4. The van der Waals surface area contributed by atoms with Crippen molar-refractivity contribution in [1.82, 2.24) is 0 Å². The molecule has 2 atom stereocenters. The summed E-state index contributed by atoms with van der Waals surface area (Å²) in [5.74, 6) is -0.652. The third kappa shape index (κ3) is 1.93. The van der Waals surface area contributed by atoms with E-state index in [0.29, 0.717) is 19.6 Å². The lowest BCUT2D eigenvalue weighted by atomic mass is 9.95. The lowest BCUT2D eigenvalue weighted by Crippen LogP contribution is -2.29. The summed E-state index contributed by atoms with van der Waals surface area (Å²) >= 11 is 0. The molecule has 1 saturated carbocycles. The van der Waals surface area contributed by atoms with Gasteiger partial charge in [-0.3, -0.25) is 9.59 Å². The Morgan fingerprint density at radius 2 is 2.44 bits per heavy atom. The maximum absolute atomic E-state index is 11.7. The number of rotatable bonds is 4. The second-order valence-corrected chi connectivity index (χ2v) is 4.67. The van der Waals surface area contributed by atoms with Crippen molar-refractivity contribution < 1.29 is 19.1 Å². The van der Waals surface area contributed by atoms with Gasteiger partial charge in [0.1, 0.15) is 0 Å². The average molecular weight is 226 g/mol. The van der Waals surface area contributed by atoms with E-state index in [1.807, 2.05) is 6.92 Å². The van der Waals surface area contributed by atoms with E-state index in [9.17, 15) is 9.59 Å². The van der Waals surface area contributed by atoms with Gasteiger partial charge in [0.15, 0.2) is 0 Å². The standard InChI is InChI=1S/C12H18O4/c1-2-3-6-15-10(13)9-8-12(9)5-4-7-16-11(12)14/h9H,2-8H2,1H3/t9-,12+/m1/s1. The summed E-state index contributed by atoms with van der Waals surface area (Å²) in [6.07, 6.45) is 4.15. The van der Waals surface area contributed by atoms with Crippen LogP contribution in [0.15, 0.2) is 0 Å². The molecule has 0 amide bonds. The molecular weight excluding hydrogens is 208 g/mol. The summed E-state index contributed by atoms with van der Waals surface area (Å²) in [7, 11) is 0. The molecule has 4 heteroatoms. The Balaban J connectivity index is 1.84. The molecule has 2 fully saturated rings. The fraction of sp³-hybridized carbons (Fsp3) is 0.833. The molecule has 2 rings (SSSR count). The molecule has 1 aliphatic heterocycles. The minimum absolute atomic E-state index is 0.198. The van der Waals surface area contributed by atoms with Gasteiger partial charge in [-0.25, -0.2) is 0 Å². The second-order valence-electron chi connectivity index (χ2n) is 4.67. The zero-order valence-corrected chi connectivity index (χ0v) is 9.66. The van der Waals surface area contributed by atoms with Gasteiger partial charge in [-0.1, -0.05) is 13.3 Å². The summed E-state index contributed by atoms with van der Waals surface area (Å²) in [5, 5.41) is 0. The Kier molecular flexibility index (Phi) is 3.17. The molecule has 0 N–H and O–H groups in total. The Bertz CT molecular complexity index is 299. The van der Waals surface area contributed by atoms with Crippen molar-refractivity contribution in [3.05, 3.63) is 0 Å². The molecule has 1 saturated heterocycles. The number of carbonyl (C=O) groups excluding carboxylic acids is 2. The van der Waals surface area contributed by atoms with Crippen LogP contribution in [0.5, 0.6) is 0 Å². The minimum Gasteiger partial charge on any atom is -0.465 e. The highest BCUT2D eigenvalue weighted by molar-refractivity contribution is 5.91. The molecule has 4 nitrogen and oxygen atoms in total. The number of carbonyl (C=O) groups is 2. The Hall–Kier alpha value is -1.06. The molecule has 0 aromatic carbocycles. The van der Waals surface area contributed by atoms with Crippen LogP contribution < -0.4 is 0 Å². The molecule has 1 aliphatic carbocycles. The normalized spacial score (nSPS) is 32.3. The van der Waals surface area contributed by atoms with E-state index in [0.717, 1.165) is 25.7 Å². The van der Waals surface area contributed by atoms with Crippen LogP contribution in [0.2, 0.25) is 0 Å². The van der Waals surface area contributed by atoms with Crippen molar-refractivity contribution in [3.63, 3.8) is 0 Å². The maximum Gasteiger partial charge on any atom is 0.312 e. The highest BCUT2D eigenvalue weighted by Crippen LogP contribution is 2.58. The van der Waals surface area contributed by atoms with Gasteiger partial charge in [0.05, 0.1) is 24.5 Å². The van der Waals surface area contributed by atoms with Gasteiger partial charge in [-0.15, -0.1) is 0 Å². The first kappa shape index (κ1) is 11.4. The maximum atomic E-state index is 11.7. The van der Waals surface area contributed by atoms with Crippen LogP contribution in [0.4, 0.5) is 0 Å². The number of ether oxygens (including phenoxy) is 2. The number of esters is 2. The Morgan fingerprint density at radius 1 is 1.62 bits per heavy atom. The lowest BCUT2D eigenvalue weighted by molar-refractivity contribution is -0.160. The fourth-order valence-electron chi connectivity index (χ4n) is 2.33. The van der Waals surface area contributed by atoms with E-state index >= 15 is 0 Å². The lowest BCUT2D eigenvalue weighted by Gasteiger charge is -2.20. The summed E-state index contributed by atoms with van der Waals surface area (Å²) in [4.78, 5) is 23.3. The zero-order chi connectivity index (χ0) is 11.6. The van der Waals surface area contributed by atoms with Gasteiger partial charge >= 0.3 is 11.9 Å². The van der Waals surface area contributed by atoms with Crippen LogP contribution in [0.25, 0.3) is 0 Å². The second kappa shape index (κ2) is 4.44. The van der Waals surface area contributed by atoms with Crippen molar-refractivity contribution in [2.24, 2.45) is 11.3 Å². The third-order valence-corrected chi connectivity index (χ3v) is 3.51. The molecule has 0 aromatic heterocycles. The summed E-state index contributed by atoms with van der Waals surface area (Å²) in [5.41, 5.74) is -0.512. The number of hydrogen-bond acceptors (Lipinski definition) is 4. The molecule has 1 heterocycles. The minimum atomic E-state index is -0.512. The van der Waals surface area contributed by atoms with Crippen LogP contribution in [0, 0.1) is 11.3 Å². The first-order chi connectivity index (χ1) is 7.70. The number of unbranched alkanes of at least 4 members (excludes halogenated alkanes) is 1. The van der Waals surface area contributed by atoms with Crippen LogP contribution in [-0.2, 0) is 19.1 Å². The van der Waals surface area contributed by atoms with Gasteiger partial charge in [0.2, 0.25) is 0 Å². The van der Waals surface area contributed by atoms with Gasteiger partial charge in [0, 0.05) is 0 Å². The van der Waals surface area contributed by atoms with Crippen molar-refractivity contribution in [3.8, 4) is 0 Å². The monoisotopic (exact) mass is 226 g/mol. The number of hydrogen-bond donors (Lipinski definition) is 0. The average Bonchev–Trinajstić information content (AvgIpc) is 2.99. The van der Waals surface area contributed by atoms with E-state index in [2.05, 4.69) is 0 Å². The quantitative estimate of drug-likeness (QED) is 0.540. The Morgan fingerprint density at radius 3 is 3.12 bits per heavy atom. The summed E-state index contributed by atoms with van der Waals surface area (Å²) in [6, 6.07) is 0. The third-order valence-electron chi connectivity index (χ3n) is 3.51. The van der Waals surface area contributed by atoms with Gasteiger partial charge < -0.3 is 9.47 Å². The van der Waals surface area contributed by atoms with E-state index in [-0.39, 0.29) is 17.9 Å². The zero-order valence-electron chi connectivity index (χ0n) is 9.66. The molecule has 0 unspecified atom stereocenters. The van der Waals surface area contributed by atoms with Gasteiger partial charge in [-0.2, -0.15) is 0 Å². The molecule has 2 aliphatic rings. The molecule has 0 bridgehead atoms. The van der Waals surface area contributed by atoms with Crippen LogP contribution in [-0.4, -0.2) is 25.2 Å². The van der Waals surface area contributed by atoms with Crippen LogP contribution in [0.3, 0.4) is 0 Å². The number of cyclic esters (lactones) is 1. The molecule has 0 aromatic rings. The predicted octanol–water partition coefficient (Wildman–Crippen LogP) is 1.67. The molecule has 16 heavy (non-hydrogen) atoms. The topological polar surface area (TPSA) is 52.6 Å². The van der Waals surface area contributed by atoms with Gasteiger partial charge in [0.25, 0.3) is 0 Å².